The van der Waals surface area contributed by atoms with Gasteiger partial charge >= 0.3 is 0 Å². The first-order valence-corrected chi connectivity index (χ1v) is 8.11. The lowest BCUT2D eigenvalue weighted by atomic mass is 10.0. The third-order valence-electron chi connectivity index (χ3n) is 4.15. The zero-order valence-electron chi connectivity index (χ0n) is 14.3. The molecule has 0 bridgehead atoms. The molecule has 2 aromatic rings. The summed E-state index contributed by atoms with van der Waals surface area (Å²) in [6, 6.07) is 15.9. The van der Waals surface area contributed by atoms with E-state index in [4.69, 9.17) is 4.74 Å². The minimum Gasteiger partial charge on any atom is -0.481 e. The highest BCUT2D eigenvalue weighted by atomic mass is 16.5. The molecule has 2 atom stereocenters. The van der Waals surface area contributed by atoms with Crippen LogP contribution in [0.2, 0.25) is 0 Å². The molecule has 0 saturated heterocycles. The summed E-state index contributed by atoms with van der Waals surface area (Å²) in [4.78, 5) is 12.5. The first kappa shape index (κ1) is 17.1. The third-order valence-corrected chi connectivity index (χ3v) is 4.15. The molecular weight excluding hydrogens is 286 g/mol. The molecule has 1 N–H and O–H groups in total. The lowest BCUT2D eigenvalue weighted by Crippen LogP contribution is -2.38. The number of ether oxygens (including phenoxy) is 1. The van der Waals surface area contributed by atoms with Crippen molar-refractivity contribution in [1.82, 2.24) is 5.32 Å². The van der Waals surface area contributed by atoms with Crippen LogP contribution in [0.1, 0.15) is 43.0 Å². The minimum absolute atomic E-state index is 0.00774. The van der Waals surface area contributed by atoms with E-state index in [-0.39, 0.29) is 11.9 Å². The van der Waals surface area contributed by atoms with E-state index < -0.39 is 6.10 Å². The number of rotatable bonds is 6. The fourth-order valence-corrected chi connectivity index (χ4v) is 2.49. The summed E-state index contributed by atoms with van der Waals surface area (Å²) in [5, 5.41) is 3.07. The molecule has 0 unspecified atom stereocenters. The molecule has 23 heavy (non-hydrogen) atoms. The van der Waals surface area contributed by atoms with Gasteiger partial charge in [-0.2, -0.15) is 0 Å². The number of hydrogen-bond acceptors (Lipinski definition) is 2. The average Bonchev–Trinajstić information content (AvgIpc) is 2.57. The Bertz CT molecular complexity index is 652. The molecule has 0 heterocycles. The Morgan fingerprint density at radius 3 is 2.43 bits per heavy atom. The highest BCUT2D eigenvalue weighted by molar-refractivity contribution is 5.81. The normalized spacial score (nSPS) is 13.2. The number of nitrogens with one attached hydrogen (secondary N) is 1. The van der Waals surface area contributed by atoms with Crippen molar-refractivity contribution in [2.45, 2.75) is 46.3 Å². The molecular formula is C20H25NO2. The van der Waals surface area contributed by atoms with Crippen LogP contribution in [-0.4, -0.2) is 12.0 Å². The van der Waals surface area contributed by atoms with Crippen molar-refractivity contribution in [2.24, 2.45) is 0 Å². The first-order chi connectivity index (χ1) is 11.0. The van der Waals surface area contributed by atoms with Crippen molar-refractivity contribution in [2.75, 3.05) is 0 Å². The zero-order valence-corrected chi connectivity index (χ0v) is 14.3. The smallest absolute Gasteiger partial charge is 0.261 e. The van der Waals surface area contributed by atoms with Gasteiger partial charge in [0.15, 0.2) is 6.10 Å². The lowest BCUT2D eigenvalue weighted by molar-refractivity contribution is -0.128. The maximum atomic E-state index is 12.5. The standard InChI is InChI=1S/C20H25NO2/c1-5-18(17-11-7-6-8-12-17)21-20(22)16(4)23-19-13-9-10-14(2)15(19)3/h6-13,16,18H,5H2,1-4H3,(H,21,22)/t16-,18-/m0/s1. The number of hydrogen-bond donors (Lipinski definition) is 1. The van der Waals surface area contributed by atoms with Crippen LogP contribution in [0, 0.1) is 13.8 Å². The maximum Gasteiger partial charge on any atom is 0.261 e. The summed E-state index contributed by atoms with van der Waals surface area (Å²) in [6.07, 6.45) is 0.305. The van der Waals surface area contributed by atoms with Crippen LogP contribution in [0.15, 0.2) is 48.5 Å². The van der Waals surface area contributed by atoms with Crippen molar-refractivity contribution in [1.29, 1.82) is 0 Å². The van der Waals surface area contributed by atoms with E-state index in [9.17, 15) is 4.79 Å². The quantitative estimate of drug-likeness (QED) is 0.862. The van der Waals surface area contributed by atoms with Gasteiger partial charge in [0.2, 0.25) is 0 Å². The van der Waals surface area contributed by atoms with Crippen LogP contribution >= 0.6 is 0 Å². The van der Waals surface area contributed by atoms with Gasteiger partial charge in [-0.25, -0.2) is 0 Å². The number of carbonyl (C=O) groups is 1. The fourth-order valence-electron chi connectivity index (χ4n) is 2.49. The summed E-state index contributed by atoms with van der Waals surface area (Å²) in [6.45, 7) is 7.90. The van der Waals surface area contributed by atoms with E-state index in [1.165, 1.54) is 0 Å². The van der Waals surface area contributed by atoms with Crippen molar-refractivity contribution in [3.8, 4) is 5.75 Å². The topological polar surface area (TPSA) is 38.3 Å². The van der Waals surface area contributed by atoms with E-state index in [2.05, 4.69) is 12.2 Å². The van der Waals surface area contributed by atoms with Crippen molar-refractivity contribution < 1.29 is 9.53 Å². The molecule has 0 radical (unpaired) electrons. The predicted molar refractivity (Wildman–Crippen MR) is 93.6 cm³/mol. The summed E-state index contributed by atoms with van der Waals surface area (Å²) in [7, 11) is 0. The van der Waals surface area contributed by atoms with Gasteiger partial charge in [0, 0.05) is 0 Å². The molecule has 0 fully saturated rings. The monoisotopic (exact) mass is 311 g/mol. The van der Waals surface area contributed by atoms with E-state index in [1.54, 1.807) is 6.92 Å². The Balaban J connectivity index is 2.03. The van der Waals surface area contributed by atoms with E-state index in [0.29, 0.717) is 0 Å². The van der Waals surface area contributed by atoms with Crippen LogP contribution < -0.4 is 10.1 Å². The Kier molecular flexibility index (Phi) is 5.80. The van der Waals surface area contributed by atoms with Gasteiger partial charge in [-0.3, -0.25) is 4.79 Å². The highest BCUT2D eigenvalue weighted by Gasteiger charge is 2.19. The lowest BCUT2D eigenvalue weighted by Gasteiger charge is -2.22. The summed E-state index contributed by atoms with van der Waals surface area (Å²) < 4.78 is 5.86. The SMILES string of the molecule is CC[C@H](NC(=O)[C@H](C)Oc1cccc(C)c1C)c1ccccc1. The van der Waals surface area contributed by atoms with Gasteiger partial charge in [-0.05, 0) is 49.9 Å². The number of amides is 1. The number of benzene rings is 2. The average molecular weight is 311 g/mol. The van der Waals surface area contributed by atoms with Crippen LogP contribution in [0.5, 0.6) is 5.75 Å². The molecule has 0 aliphatic rings. The molecule has 0 saturated carbocycles. The molecule has 3 heteroatoms. The van der Waals surface area contributed by atoms with Crippen molar-refractivity contribution >= 4 is 5.91 Å². The molecule has 0 aromatic heterocycles. The first-order valence-electron chi connectivity index (χ1n) is 8.11. The Labute approximate surface area is 138 Å². The van der Waals surface area contributed by atoms with Gasteiger partial charge < -0.3 is 10.1 Å². The van der Waals surface area contributed by atoms with E-state index in [0.717, 1.165) is 28.9 Å². The largest absolute Gasteiger partial charge is 0.481 e. The second kappa shape index (κ2) is 7.82. The molecule has 122 valence electrons. The molecule has 1 amide bonds. The van der Waals surface area contributed by atoms with Gasteiger partial charge in [0.1, 0.15) is 5.75 Å². The molecule has 0 spiro atoms. The predicted octanol–water partition coefficient (Wildman–Crippen LogP) is 4.34. The summed E-state index contributed by atoms with van der Waals surface area (Å²) >= 11 is 0. The van der Waals surface area contributed by atoms with Crippen molar-refractivity contribution in [3.05, 3.63) is 65.2 Å². The van der Waals surface area contributed by atoms with Crippen LogP contribution in [0.4, 0.5) is 0 Å². The number of carbonyl (C=O) groups excluding carboxylic acids is 1. The van der Waals surface area contributed by atoms with Crippen molar-refractivity contribution in [3.63, 3.8) is 0 Å². The third kappa shape index (κ3) is 4.35. The molecule has 0 aliphatic carbocycles. The minimum atomic E-state index is -0.534. The van der Waals surface area contributed by atoms with Crippen LogP contribution in [0.3, 0.4) is 0 Å². The van der Waals surface area contributed by atoms with Crippen LogP contribution in [0.25, 0.3) is 0 Å². The molecule has 3 nitrogen and oxygen atoms in total. The molecule has 0 aliphatic heterocycles. The highest BCUT2D eigenvalue weighted by Crippen LogP contribution is 2.22. The second-order valence-corrected chi connectivity index (χ2v) is 5.84. The Morgan fingerprint density at radius 1 is 1.09 bits per heavy atom. The molecule has 2 aromatic carbocycles. The van der Waals surface area contributed by atoms with Gasteiger partial charge in [-0.15, -0.1) is 0 Å². The molecule has 2 rings (SSSR count). The number of aryl methyl sites for hydroxylation is 1. The Hall–Kier alpha value is -2.29. The maximum absolute atomic E-state index is 12.5. The van der Waals surface area contributed by atoms with E-state index in [1.807, 2.05) is 62.4 Å². The Morgan fingerprint density at radius 2 is 1.78 bits per heavy atom. The van der Waals surface area contributed by atoms with Gasteiger partial charge in [0.05, 0.1) is 6.04 Å². The fraction of sp³-hybridized carbons (Fsp3) is 0.350. The van der Waals surface area contributed by atoms with Crippen LogP contribution in [-0.2, 0) is 4.79 Å². The summed E-state index contributed by atoms with van der Waals surface area (Å²) in [5.41, 5.74) is 3.34. The van der Waals surface area contributed by atoms with Gasteiger partial charge in [-0.1, -0.05) is 49.4 Å². The van der Waals surface area contributed by atoms with Gasteiger partial charge in [0.25, 0.3) is 5.91 Å². The summed E-state index contributed by atoms with van der Waals surface area (Å²) in [5.74, 6) is 0.669. The zero-order chi connectivity index (χ0) is 16.8. The van der Waals surface area contributed by atoms with E-state index >= 15 is 0 Å². The second-order valence-electron chi connectivity index (χ2n) is 5.84.